The van der Waals surface area contributed by atoms with Crippen LogP contribution in [0.25, 0.3) is 6.08 Å². The summed E-state index contributed by atoms with van der Waals surface area (Å²) >= 11 is 0. The molecule has 0 amide bonds. The topological polar surface area (TPSA) is 55.8 Å². The number of aliphatic carboxylic acids is 1. The molecule has 21 heavy (non-hydrogen) atoms. The van der Waals surface area contributed by atoms with Crippen LogP contribution in [-0.4, -0.2) is 29.4 Å². The molecule has 0 bridgehead atoms. The first kappa shape index (κ1) is 15.8. The highest BCUT2D eigenvalue weighted by molar-refractivity contribution is 6.63. The molecule has 0 radical (unpaired) electrons. The lowest BCUT2D eigenvalue weighted by atomic mass is 9.76. The number of rotatable bonds is 4. The monoisotopic (exact) mass is 288 g/mol. The fourth-order valence-electron chi connectivity index (χ4n) is 2.13. The molecule has 1 fully saturated rings. The number of carbonyl (C=O) groups is 1. The average Bonchev–Trinajstić information content (AvgIpc) is 2.58. The summed E-state index contributed by atoms with van der Waals surface area (Å²) in [6, 6.07) is 7.71. The summed E-state index contributed by atoms with van der Waals surface area (Å²) in [4.78, 5) is 10.6. The quantitative estimate of drug-likeness (QED) is 0.865. The number of carboxylic acids is 1. The van der Waals surface area contributed by atoms with Crippen molar-refractivity contribution in [2.75, 3.05) is 0 Å². The Morgan fingerprint density at radius 2 is 1.76 bits per heavy atom. The van der Waals surface area contributed by atoms with Gasteiger partial charge in [0.05, 0.1) is 17.6 Å². The lowest BCUT2D eigenvalue weighted by molar-refractivity contribution is -0.135. The Balaban J connectivity index is 2.26. The molecule has 112 valence electrons. The van der Waals surface area contributed by atoms with Crippen LogP contribution in [0.1, 0.15) is 39.7 Å². The molecule has 1 aromatic rings. The molecule has 1 N–H and O–H groups in total. The zero-order chi connectivity index (χ0) is 15.7. The minimum absolute atomic E-state index is 0.00228. The van der Waals surface area contributed by atoms with E-state index in [2.05, 4.69) is 0 Å². The van der Waals surface area contributed by atoms with Crippen LogP contribution in [0.3, 0.4) is 0 Å². The van der Waals surface area contributed by atoms with Crippen LogP contribution in [0, 0.1) is 0 Å². The van der Waals surface area contributed by atoms with Gasteiger partial charge in [0.1, 0.15) is 0 Å². The summed E-state index contributed by atoms with van der Waals surface area (Å²) in [5, 5.41) is 8.71. The second-order valence-electron chi connectivity index (χ2n) is 6.22. The molecule has 4 nitrogen and oxygen atoms in total. The molecule has 1 aliphatic heterocycles. The van der Waals surface area contributed by atoms with Gasteiger partial charge in [-0.1, -0.05) is 36.4 Å². The maximum atomic E-state index is 10.6. The van der Waals surface area contributed by atoms with Crippen molar-refractivity contribution in [1.82, 2.24) is 0 Å². The standard InChI is InChI=1S/C16H21BO4/c1-15(2)16(3,4)21-17(20-15)13-10-6-5-8-12(13)9-7-11-14(18)19/h5-10H,11H2,1-4H3,(H,18,19)/b9-7+. The molecule has 0 spiro atoms. The van der Waals surface area contributed by atoms with Gasteiger partial charge in [-0.15, -0.1) is 0 Å². The molecular weight excluding hydrogens is 267 g/mol. The number of hydrogen-bond donors (Lipinski definition) is 1. The van der Waals surface area contributed by atoms with Gasteiger partial charge in [-0.25, -0.2) is 0 Å². The van der Waals surface area contributed by atoms with E-state index in [0.29, 0.717) is 0 Å². The Morgan fingerprint density at radius 3 is 2.33 bits per heavy atom. The van der Waals surface area contributed by atoms with Gasteiger partial charge in [0.15, 0.2) is 0 Å². The first-order chi connectivity index (χ1) is 9.73. The maximum absolute atomic E-state index is 10.6. The van der Waals surface area contributed by atoms with E-state index in [1.54, 1.807) is 12.2 Å². The summed E-state index contributed by atoms with van der Waals surface area (Å²) in [6.45, 7) is 8.04. The zero-order valence-electron chi connectivity index (χ0n) is 12.9. The van der Waals surface area contributed by atoms with Crippen molar-refractivity contribution in [2.24, 2.45) is 0 Å². The van der Waals surface area contributed by atoms with Crippen LogP contribution in [-0.2, 0) is 14.1 Å². The van der Waals surface area contributed by atoms with Gasteiger partial charge in [-0.3, -0.25) is 4.79 Å². The van der Waals surface area contributed by atoms with Crippen LogP contribution < -0.4 is 5.46 Å². The van der Waals surface area contributed by atoms with Gasteiger partial charge in [-0.2, -0.15) is 0 Å². The predicted molar refractivity (Wildman–Crippen MR) is 83.4 cm³/mol. The van der Waals surface area contributed by atoms with Crippen molar-refractivity contribution in [3.05, 3.63) is 35.9 Å². The van der Waals surface area contributed by atoms with Crippen LogP contribution in [0.2, 0.25) is 0 Å². The van der Waals surface area contributed by atoms with Crippen molar-refractivity contribution < 1.29 is 19.2 Å². The highest BCUT2D eigenvalue weighted by Crippen LogP contribution is 2.36. The minimum Gasteiger partial charge on any atom is -0.481 e. The van der Waals surface area contributed by atoms with E-state index in [-0.39, 0.29) is 6.42 Å². The fraction of sp³-hybridized carbons (Fsp3) is 0.438. The van der Waals surface area contributed by atoms with Crippen molar-refractivity contribution >= 4 is 24.6 Å². The molecular formula is C16H21BO4. The molecule has 1 heterocycles. The molecule has 0 atom stereocenters. The van der Waals surface area contributed by atoms with E-state index in [4.69, 9.17) is 14.4 Å². The fourth-order valence-corrected chi connectivity index (χ4v) is 2.13. The number of carboxylic acid groups (broad SMARTS) is 1. The Bertz CT molecular complexity index is 547. The second kappa shape index (κ2) is 5.66. The van der Waals surface area contributed by atoms with E-state index in [1.807, 2.05) is 52.0 Å². The lowest BCUT2D eigenvalue weighted by Crippen LogP contribution is -2.41. The Hall–Kier alpha value is -1.59. The second-order valence-corrected chi connectivity index (χ2v) is 6.22. The molecule has 2 rings (SSSR count). The molecule has 1 aliphatic rings. The smallest absolute Gasteiger partial charge is 0.481 e. The summed E-state index contributed by atoms with van der Waals surface area (Å²) in [5.74, 6) is -0.848. The zero-order valence-corrected chi connectivity index (χ0v) is 12.9. The summed E-state index contributed by atoms with van der Waals surface area (Å²) in [5.41, 5.74) is 1.04. The molecule has 0 aromatic heterocycles. The summed E-state index contributed by atoms with van der Waals surface area (Å²) in [7, 11) is -0.444. The number of benzene rings is 1. The van der Waals surface area contributed by atoms with Gasteiger partial charge in [0, 0.05) is 0 Å². The average molecular weight is 288 g/mol. The third-order valence-corrected chi connectivity index (χ3v) is 4.09. The summed E-state index contributed by atoms with van der Waals surface area (Å²) in [6.07, 6.45) is 3.43. The molecule has 0 unspecified atom stereocenters. The third-order valence-electron chi connectivity index (χ3n) is 4.09. The summed E-state index contributed by atoms with van der Waals surface area (Å²) < 4.78 is 12.1. The largest absolute Gasteiger partial charge is 0.495 e. The van der Waals surface area contributed by atoms with Gasteiger partial charge in [-0.05, 0) is 38.7 Å². The van der Waals surface area contributed by atoms with E-state index >= 15 is 0 Å². The first-order valence-electron chi connectivity index (χ1n) is 7.06. The highest BCUT2D eigenvalue weighted by atomic mass is 16.7. The van der Waals surface area contributed by atoms with Crippen molar-refractivity contribution in [1.29, 1.82) is 0 Å². The van der Waals surface area contributed by atoms with Crippen molar-refractivity contribution in [2.45, 2.75) is 45.3 Å². The van der Waals surface area contributed by atoms with Crippen LogP contribution in [0.4, 0.5) is 0 Å². The molecule has 1 saturated heterocycles. The molecule has 1 aromatic carbocycles. The predicted octanol–water partition coefficient (Wildman–Crippen LogP) is 2.47. The van der Waals surface area contributed by atoms with Crippen molar-refractivity contribution in [3.8, 4) is 0 Å². The Morgan fingerprint density at radius 1 is 1.19 bits per heavy atom. The van der Waals surface area contributed by atoms with Gasteiger partial charge >= 0.3 is 13.1 Å². The third kappa shape index (κ3) is 3.36. The Kier molecular flexibility index (Phi) is 4.26. The van der Waals surface area contributed by atoms with Crippen LogP contribution in [0.5, 0.6) is 0 Å². The van der Waals surface area contributed by atoms with Crippen molar-refractivity contribution in [3.63, 3.8) is 0 Å². The molecule has 0 aliphatic carbocycles. The van der Waals surface area contributed by atoms with Gasteiger partial charge in [0.2, 0.25) is 0 Å². The van der Waals surface area contributed by atoms with Crippen LogP contribution >= 0.6 is 0 Å². The van der Waals surface area contributed by atoms with E-state index in [0.717, 1.165) is 11.0 Å². The first-order valence-corrected chi connectivity index (χ1v) is 7.06. The Labute approximate surface area is 125 Å². The van der Waals surface area contributed by atoms with E-state index < -0.39 is 24.3 Å². The number of hydrogen-bond acceptors (Lipinski definition) is 3. The maximum Gasteiger partial charge on any atom is 0.495 e. The van der Waals surface area contributed by atoms with Gasteiger partial charge in [0.25, 0.3) is 0 Å². The lowest BCUT2D eigenvalue weighted by Gasteiger charge is -2.32. The van der Waals surface area contributed by atoms with E-state index in [1.165, 1.54) is 0 Å². The molecule has 5 heteroatoms. The normalized spacial score (nSPS) is 20.1. The van der Waals surface area contributed by atoms with Gasteiger partial charge < -0.3 is 14.4 Å². The SMILES string of the molecule is CC1(C)OB(c2ccccc2/C=C/CC(=O)O)OC1(C)C. The highest BCUT2D eigenvalue weighted by Gasteiger charge is 2.52. The van der Waals surface area contributed by atoms with Crippen LogP contribution in [0.15, 0.2) is 30.3 Å². The van der Waals surface area contributed by atoms with E-state index in [9.17, 15) is 4.79 Å². The molecule has 0 saturated carbocycles. The minimum atomic E-state index is -0.848.